The SMILES string of the molecule is COc1cc([C@@H](C)Nc2cnc3ccccc3n2)ccc1OC1CCCC1. The first-order chi connectivity index (χ1) is 13.2. The van der Waals surface area contributed by atoms with Crippen molar-refractivity contribution >= 4 is 16.9 Å². The number of nitrogens with zero attached hydrogens (tertiary/aromatic N) is 2. The van der Waals surface area contributed by atoms with Gasteiger partial charge < -0.3 is 14.8 Å². The number of fused-ring (bicyclic) bond motifs is 1. The second-order valence-electron chi connectivity index (χ2n) is 7.04. The number of aromatic nitrogens is 2. The molecule has 4 rings (SSSR count). The van der Waals surface area contributed by atoms with Crippen LogP contribution in [-0.2, 0) is 0 Å². The van der Waals surface area contributed by atoms with Gasteiger partial charge >= 0.3 is 0 Å². The van der Waals surface area contributed by atoms with E-state index < -0.39 is 0 Å². The summed E-state index contributed by atoms with van der Waals surface area (Å²) in [5, 5.41) is 3.42. The lowest BCUT2D eigenvalue weighted by atomic mass is 10.1. The van der Waals surface area contributed by atoms with Crippen molar-refractivity contribution in [3.05, 3.63) is 54.2 Å². The van der Waals surface area contributed by atoms with Gasteiger partial charge in [0.05, 0.1) is 36.5 Å². The number of ether oxygens (including phenoxy) is 2. The number of benzene rings is 2. The average Bonchev–Trinajstić information content (AvgIpc) is 3.21. The predicted octanol–water partition coefficient (Wildman–Crippen LogP) is 5.13. The summed E-state index contributed by atoms with van der Waals surface area (Å²) in [6, 6.07) is 14.1. The Hall–Kier alpha value is -2.82. The number of hydrogen-bond donors (Lipinski definition) is 1. The summed E-state index contributed by atoms with van der Waals surface area (Å²) >= 11 is 0. The van der Waals surface area contributed by atoms with Crippen molar-refractivity contribution in [1.29, 1.82) is 0 Å². The zero-order valence-corrected chi connectivity index (χ0v) is 15.8. The van der Waals surface area contributed by atoms with E-state index in [-0.39, 0.29) is 6.04 Å². The molecule has 0 spiro atoms. The van der Waals surface area contributed by atoms with Crippen molar-refractivity contribution < 1.29 is 9.47 Å². The van der Waals surface area contributed by atoms with Crippen LogP contribution < -0.4 is 14.8 Å². The Morgan fingerprint density at radius 1 is 1.04 bits per heavy atom. The molecule has 1 heterocycles. The highest BCUT2D eigenvalue weighted by Gasteiger charge is 2.19. The summed E-state index contributed by atoms with van der Waals surface area (Å²) in [5.41, 5.74) is 2.89. The molecule has 0 radical (unpaired) electrons. The van der Waals surface area contributed by atoms with Gasteiger partial charge in [0, 0.05) is 0 Å². The molecule has 1 fully saturated rings. The zero-order chi connectivity index (χ0) is 18.6. The number of methoxy groups -OCH3 is 1. The maximum atomic E-state index is 6.13. The van der Waals surface area contributed by atoms with Crippen molar-refractivity contribution in [2.24, 2.45) is 0 Å². The van der Waals surface area contributed by atoms with Gasteiger partial charge in [0.25, 0.3) is 0 Å². The number of anilines is 1. The van der Waals surface area contributed by atoms with E-state index in [2.05, 4.69) is 28.3 Å². The average molecular weight is 363 g/mol. The normalized spacial score (nSPS) is 15.6. The highest BCUT2D eigenvalue weighted by Crippen LogP contribution is 2.34. The summed E-state index contributed by atoms with van der Waals surface area (Å²) < 4.78 is 11.7. The van der Waals surface area contributed by atoms with E-state index in [1.807, 2.05) is 36.4 Å². The lowest BCUT2D eigenvalue weighted by Crippen LogP contribution is -2.12. The number of nitrogens with one attached hydrogen (secondary N) is 1. The van der Waals surface area contributed by atoms with E-state index >= 15 is 0 Å². The van der Waals surface area contributed by atoms with Gasteiger partial charge in [-0.25, -0.2) is 4.98 Å². The van der Waals surface area contributed by atoms with Crippen molar-refractivity contribution in [3.63, 3.8) is 0 Å². The molecule has 1 aliphatic carbocycles. The van der Waals surface area contributed by atoms with Gasteiger partial charge in [-0.3, -0.25) is 4.98 Å². The molecule has 0 aliphatic heterocycles. The quantitative estimate of drug-likeness (QED) is 0.658. The molecule has 1 saturated carbocycles. The number of rotatable bonds is 6. The molecule has 1 N–H and O–H groups in total. The zero-order valence-electron chi connectivity index (χ0n) is 15.8. The van der Waals surface area contributed by atoms with E-state index in [1.54, 1.807) is 13.3 Å². The van der Waals surface area contributed by atoms with Crippen LogP contribution in [0.15, 0.2) is 48.7 Å². The Morgan fingerprint density at radius 3 is 2.59 bits per heavy atom. The Labute approximate surface area is 159 Å². The molecule has 1 aliphatic rings. The molecule has 27 heavy (non-hydrogen) atoms. The molecule has 0 amide bonds. The lowest BCUT2D eigenvalue weighted by molar-refractivity contribution is 0.200. The molecular formula is C22H25N3O2. The van der Waals surface area contributed by atoms with Crippen LogP contribution in [0.5, 0.6) is 11.5 Å². The molecule has 3 aromatic rings. The molecule has 1 aromatic heterocycles. The second kappa shape index (κ2) is 7.82. The fraction of sp³-hybridized carbons (Fsp3) is 0.364. The van der Waals surface area contributed by atoms with E-state index in [0.29, 0.717) is 6.10 Å². The van der Waals surface area contributed by atoms with Gasteiger partial charge in [0.2, 0.25) is 0 Å². The van der Waals surface area contributed by atoms with E-state index in [9.17, 15) is 0 Å². The lowest BCUT2D eigenvalue weighted by Gasteiger charge is -2.19. The van der Waals surface area contributed by atoms with Crippen LogP contribution in [0.3, 0.4) is 0 Å². The minimum Gasteiger partial charge on any atom is -0.493 e. The number of para-hydroxylation sites is 2. The Balaban J connectivity index is 1.50. The molecule has 0 bridgehead atoms. The van der Waals surface area contributed by atoms with Crippen molar-refractivity contribution in [2.45, 2.75) is 44.8 Å². The van der Waals surface area contributed by atoms with Crippen molar-refractivity contribution in [1.82, 2.24) is 9.97 Å². The third kappa shape index (κ3) is 3.97. The van der Waals surface area contributed by atoms with Gasteiger partial charge in [-0.15, -0.1) is 0 Å². The third-order valence-electron chi connectivity index (χ3n) is 5.10. The molecule has 140 valence electrons. The predicted molar refractivity (Wildman–Crippen MR) is 107 cm³/mol. The summed E-state index contributed by atoms with van der Waals surface area (Å²) in [6.07, 6.45) is 6.84. The highest BCUT2D eigenvalue weighted by molar-refractivity contribution is 5.75. The molecule has 0 unspecified atom stereocenters. The van der Waals surface area contributed by atoms with Crippen LogP contribution >= 0.6 is 0 Å². The van der Waals surface area contributed by atoms with Gasteiger partial charge in [0.15, 0.2) is 11.5 Å². The second-order valence-corrected chi connectivity index (χ2v) is 7.04. The monoisotopic (exact) mass is 363 g/mol. The third-order valence-corrected chi connectivity index (χ3v) is 5.10. The molecule has 2 aromatic carbocycles. The largest absolute Gasteiger partial charge is 0.493 e. The first-order valence-electron chi connectivity index (χ1n) is 9.56. The topological polar surface area (TPSA) is 56.3 Å². The van der Waals surface area contributed by atoms with Gasteiger partial charge in [-0.05, 0) is 62.4 Å². The summed E-state index contributed by atoms with van der Waals surface area (Å²) in [7, 11) is 1.69. The first kappa shape index (κ1) is 17.6. The Morgan fingerprint density at radius 2 is 1.81 bits per heavy atom. The van der Waals surface area contributed by atoms with Crippen LogP contribution in [-0.4, -0.2) is 23.2 Å². The fourth-order valence-electron chi connectivity index (χ4n) is 3.57. The van der Waals surface area contributed by atoms with E-state index in [4.69, 9.17) is 9.47 Å². The maximum absolute atomic E-state index is 6.13. The van der Waals surface area contributed by atoms with Crippen molar-refractivity contribution in [3.8, 4) is 11.5 Å². The highest BCUT2D eigenvalue weighted by atomic mass is 16.5. The van der Waals surface area contributed by atoms with Gasteiger partial charge in [0.1, 0.15) is 5.82 Å². The molecular weight excluding hydrogens is 338 g/mol. The first-order valence-corrected chi connectivity index (χ1v) is 9.56. The van der Waals surface area contributed by atoms with Crippen LogP contribution in [0.4, 0.5) is 5.82 Å². The van der Waals surface area contributed by atoms with Gasteiger partial charge in [-0.1, -0.05) is 18.2 Å². The fourth-order valence-corrected chi connectivity index (χ4v) is 3.57. The Kier molecular flexibility index (Phi) is 5.10. The van der Waals surface area contributed by atoms with E-state index in [1.165, 1.54) is 12.8 Å². The minimum atomic E-state index is 0.0647. The Bertz CT molecular complexity index is 922. The number of hydrogen-bond acceptors (Lipinski definition) is 5. The molecule has 5 nitrogen and oxygen atoms in total. The molecule has 0 saturated heterocycles. The summed E-state index contributed by atoms with van der Waals surface area (Å²) in [6.45, 7) is 2.10. The van der Waals surface area contributed by atoms with Crippen LogP contribution in [0.25, 0.3) is 11.0 Å². The van der Waals surface area contributed by atoms with Crippen LogP contribution in [0, 0.1) is 0 Å². The van der Waals surface area contributed by atoms with Crippen molar-refractivity contribution in [2.75, 3.05) is 12.4 Å². The molecule has 1 atom stereocenters. The van der Waals surface area contributed by atoms with Crippen LogP contribution in [0.1, 0.15) is 44.2 Å². The minimum absolute atomic E-state index is 0.0647. The molecule has 5 heteroatoms. The summed E-state index contributed by atoms with van der Waals surface area (Å²) in [5.74, 6) is 2.36. The van der Waals surface area contributed by atoms with Gasteiger partial charge in [-0.2, -0.15) is 0 Å². The summed E-state index contributed by atoms with van der Waals surface area (Å²) in [4.78, 5) is 9.10. The standard InChI is InChI=1S/C22H25N3O2/c1-15(24-22-14-23-18-9-5-6-10-19(18)25-22)16-11-12-20(21(13-16)26-2)27-17-7-3-4-8-17/h5-6,9-15,17H,3-4,7-8H2,1-2H3,(H,24,25)/t15-/m1/s1. The smallest absolute Gasteiger partial charge is 0.161 e. The van der Waals surface area contributed by atoms with E-state index in [0.717, 1.165) is 46.8 Å². The van der Waals surface area contributed by atoms with Crippen LogP contribution in [0.2, 0.25) is 0 Å². The maximum Gasteiger partial charge on any atom is 0.161 e.